The lowest BCUT2D eigenvalue weighted by molar-refractivity contribution is -0.0451. The fourth-order valence-corrected chi connectivity index (χ4v) is 4.24. The van der Waals surface area contributed by atoms with E-state index in [0.717, 1.165) is 31.9 Å². The van der Waals surface area contributed by atoms with E-state index in [4.69, 9.17) is 14.2 Å². The lowest BCUT2D eigenvalue weighted by atomic mass is 9.93. The van der Waals surface area contributed by atoms with Crippen molar-refractivity contribution in [1.82, 2.24) is 10.0 Å². The average Bonchev–Trinajstić information content (AvgIpc) is 3.36. The van der Waals surface area contributed by atoms with Crippen LogP contribution in [0.2, 0.25) is 25.7 Å². The molecule has 2 fully saturated rings. The van der Waals surface area contributed by atoms with Crippen molar-refractivity contribution in [2.75, 3.05) is 26.8 Å². The van der Waals surface area contributed by atoms with Gasteiger partial charge in [-0.15, -0.1) is 0 Å². The molecular weight excluding hydrogens is 400 g/mol. The minimum atomic E-state index is -1.30. The molecule has 7 nitrogen and oxygen atoms in total. The number of ether oxygens (including phenoxy) is 3. The van der Waals surface area contributed by atoms with Gasteiger partial charge >= 0.3 is 12.2 Å². The van der Waals surface area contributed by atoms with Gasteiger partial charge in [0, 0.05) is 21.7 Å². The Balaban J connectivity index is 1.86. The fraction of sp³-hybridized carbons (Fsp3) is 0.909. The molecule has 8 heteroatoms. The highest BCUT2D eigenvalue weighted by Gasteiger charge is 2.46. The van der Waals surface area contributed by atoms with E-state index in [2.05, 4.69) is 19.6 Å². The van der Waals surface area contributed by atoms with E-state index in [1.165, 1.54) is 29.3 Å². The summed E-state index contributed by atoms with van der Waals surface area (Å²) in [4.78, 5) is 25.3. The van der Waals surface area contributed by atoms with Crippen molar-refractivity contribution in [1.29, 1.82) is 0 Å². The molecule has 0 aromatic rings. The summed E-state index contributed by atoms with van der Waals surface area (Å²) >= 11 is 0. The molecule has 1 atom stereocenters. The van der Waals surface area contributed by atoms with Gasteiger partial charge in [-0.2, -0.15) is 0 Å². The quantitative estimate of drug-likeness (QED) is 0.396. The van der Waals surface area contributed by atoms with E-state index in [0.29, 0.717) is 19.1 Å². The largest absolute Gasteiger partial charge is 0.449 e. The van der Waals surface area contributed by atoms with E-state index < -0.39 is 25.9 Å². The standard InChI is InChI=1S/C22H42N2O5Si/c1-21(2,3)29-20(26)24(23(4)19(25)27-15-16-30(5,6)7)14-8-9-18-10-11-22(12-13-22)28-17-18/h18H,8-17H2,1-7H3/t18-/m1/s1. The maximum atomic E-state index is 12.7. The first kappa shape index (κ1) is 25.0. The van der Waals surface area contributed by atoms with Gasteiger partial charge in [0.05, 0.1) is 18.8 Å². The van der Waals surface area contributed by atoms with Gasteiger partial charge in [0.15, 0.2) is 0 Å². The summed E-state index contributed by atoms with van der Waals surface area (Å²) in [5.74, 6) is 0.519. The zero-order valence-electron chi connectivity index (χ0n) is 20.1. The SMILES string of the molecule is CN(C(=O)OCC[Si](C)(C)C)N(CCC[C@@H]1CCC2(CC2)OC1)C(=O)OC(C)(C)C. The third-order valence-corrected chi connectivity index (χ3v) is 7.44. The number of carbonyl (C=O) groups excluding carboxylic acids is 2. The first-order valence-corrected chi connectivity index (χ1v) is 15.1. The highest BCUT2D eigenvalue weighted by molar-refractivity contribution is 6.76. The zero-order valence-corrected chi connectivity index (χ0v) is 21.1. The smallest absolute Gasteiger partial charge is 0.429 e. The van der Waals surface area contributed by atoms with Crippen LogP contribution in [0, 0.1) is 5.92 Å². The van der Waals surface area contributed by atoms with Crippen LogP contribution in [0.15, 0.2) is 0 Å². The highest BCUT2D eigenvalue weighted by Crippen LogP contribution is 2.47. The van der Waals surface area contributed by atoms with Gasteiger partial charge in [0.25, 0.3) is 0 Å². The molecule has 0 N–H and O–H groups in total. The van der Waals surface area contributed by atoms with Gasteiger partial charge in [-0.25, -0.2) is 19.6 Å². The van der Waals surface area contributed by atoms with Gasteiger partial charge in [0.1, 0.15) is 5.60 Å². The lowest BCUT2D eigenvalue weighted by Crippen LogP contribution is -2.50. The third-order valence-electron chi connectivity index (χ3n) is 5.73. The zero-order chi connectivity index (χ0) is 22.6. The Bertz CT molecular complexity index is 585. The second-order valence-electron chi connectivity index (χ2n) is 11.1. The number of carbonyl (C=O) groups is 2. The molecular formula is C22H42N2O5Si. The number of nitrogens with zero attached hydrogens (tertiary/aromatic N) is 2. The maximum Gasteiger partial charge on any atom is 0.429 e. The van der Waals surface area contributed by atoms with Gasteiger partial charge in [0.2, 0.25) is 0 Å². The second-order valence-corrected chi connectivity index (χ2v) is 16.7. The van der Waals surface area contributed by atoms with Crippen LogP contribution >= 0.6 is 0 Å². The predicted octanol–water partition coefficient (Wildman–Crippen LogP) is 5.28. The maximum absolute atomic E-state index is 12.7. The Morgan fingerprint density at radius 3 is 2.30 bits per heavy atom. The molecule has 1 spiro atoms. The molecule has 1 saturated carbocycles. The molecule has 0 radical (unpaired) electrons. The van der Waals surface area contributed by atoms with Gasteiger partial charge in [-0.1, -0.05) is 19.6 Å². The Morgan fingerprint density at radius 2 is 1.80 bits per heavy atom. The molecule has 174 valence electrons. The van der Waals surface area contributed by atoms with E-state index in [9.17, 15) is 9.59 Å². The van der Waals surface area contributed by atoms with Crippen molar-refractivity contribution in [2.24, 2.45) is 5.92 Å². The van der Waals surface area contributed by atoms with E-state index in [1.807, 2.05) is 20.8 Å². The molecule has 0 bridgehead atoms. The number of hydrazine groups is 1. The molecule has 0 aromatic carbocycles. The van der Waals surface area contributed by atoms with Crippen molar-refractivity contribution in [3.8, 4) is 0 Å². The third kappa shape index (κ3) is 8.45. The molecule has 1 aliphatic carbocycles. The summed E-state index contributed by atoms with van der Waals surface area (Å²) in [6.45, 7) is 13.8. The monoisotopic (exact) mass is 442 g/mol. The molecule has 1 aliphatic heterocycles. The van der Waals surface area contributed by atoms with Crippen LogP contribution in [0.1, 0.15) is 59.3 Å². The van der Waals surface area contributed by atoms with Crippen LogP contribution in [0.5, 0.6) is 0 Å². The summed E-state index contributed by atoms with van der Waals surface area (Å²) in [6, 6.07) is 0.891. The Morgan fingerprint density at radius 1 is 1.13 bits per heavy atom. The summed E-state index contributed by atoms with van der Waals surface area (Å²) < 4.78 is 17.0. The van der Waals surface area contributed by atoms with Gasteiger partial charge < -0.3 is 14.2 Å². The molecule has 2 rings (SSSR count). The van der Waals surface area contributed by atoms with E-state index in [-0.39, 0.29) is 5.60 Å². The molecule has 2 aliphatic rings. The summed E-state index contributed by atoms with van der Waals surface area (Å²) in [7, 11) is 0.272. The van der Waals surface area contributed by atoms with Crippen molar-refractivity contribution in [3.63, 3.8) is 0 Å². The van der Waals surface area contributed by atoms with Crippen molar-refractivity contribution >= 4 is 20.3 Å². The second kappa shape index (κ2) is 9.89. The summed E-state index contributed by atoms with van der Waals surface area (Å²) in [5, 5.41) is 2.63. The first-order valence-electron chi connectivity index (χ1n) is 11.4. The predicted molar refractivity (Wildman–Crippen MR) is 120 cm³/mol. The minimum Gasteiger partial charge on any atom is -0.449 e. The average molecular weight is 443 g/mol. The normalized spacial score (nSPS) is 20.6. The molecule has 1 heterocycles. The van der Waals surface area contributed by atoms with Crippen LogP contribution in [0.4, 0.5) is 9.59 Å². The molecule has 0 aromatic heterocycles. The van der Waals surface area contributed by atoms with Crippen LogP contribution in [0.3, 0.4) is 0 Å². The highest BCUT2D eigenvalue weighted by atomic mass is 28.3. The summed E-state index contributed by atoms with van der Waals surface area (Å²) in [5.41, 5.74) is -0.424. The topological polar surface area (TPSA) is 68.3 Å². The Kier molecular flexibility index (Phi) is 8.24. The van der Waals surface area contributed by atoms with Crippen molar-refractivity contribution < 1.29 is 23.8 Å². The van der Waals surface area contributed by atoms with Crippen LogP contribution < -0.4 is 0 Å². The molecule has 0 unspecified atom stereocenters. The van der Waals surface area contributed by atoms with Crippen LogP contribution in [0.25, 0.3) is 0 Å². The van der Waals surface area contributed by atoms with Gasteiger partial charge in [-0.3, -0.25) is 0 Å². The Hall–Kier alpha value is -1.28. The summed E-state index contributed by atoms with van der Waals surface area (Å²) in [6.07, 6.45) is 5.45. The molecule has 30 heavy (non-hydrogen) atoms. The number of hydrogen-bond donors (Lipinski definition) is 0. The van der Waals surface area contributed by atoms with Crippen molar-refractivity contribution in [3.05, 3.63) is 0 Å². The Labute approximate surface area is 183 Å². The van der Waals surface area contributed by atoms with Crippen LogP contribution in [-0.4, -0.2) is 68.3 Å². The minimum absolute atomic E-state index is 0.207. The lowest BCUT2D eigenvalue weighted by Gasteiger charge is -2.34. The van der Waals surface area contributed by atoms with E-state index >= 15 is 0 Å². The number of rotatable bonds is 7. The number of hydrogen-bond acceptors (Lipinski definition) is 5. The molecule has 1 saturated heterocycles. The van der Waals surface area contributed by atoms with E-state index in [1.54, 1.807) is 7.05 Å². The van der Waals surface area contributed by atoms with Crippen LogP contribution in [-0.2, 0) is 14.2 Å². The fourth-order valence-electron chi connectivity index (χ4n) is 3.52. The number of amides is 2. The first-order chi connectivity index (χ1) is 13.8. The van der Waals surface area contributed by atoms with Crippen molar-refractivity contribution in [2.45, 2.75) is 96.2 Å². The molecule has 2 amide bonds. The van der Waals surface area contributed by atoms with Gasteiger partial charge in [-0.05, 0) is 71.3 Å².